The summed E-state index contributed by atoms with van der Waals surface area (Å²) in [6, 6.07) is 7.42. The summed E-state index contributed by atoms with van der Waals surface area (Å²) in [6.45, 7) is 3.63. The molecule has 0 spiro atoms. The number of amides is 1. The van der Waals surface area contributed by atoms with Gasteiger partial charge >= 0.3 is 0 Å². The van der Waals surface area contributed by atoms with Crippen LogP contribution in [-0.2, 0) is 11.2 Å². The van der Waals surface area contributed by atoms with Crippen LogP contribution < -0.4 is 15.2 Å². The van der Waals surface area contributed by atoms with E-state index < -0.39 is 6.10 Å². The minimum absolute atomic E-state index is 0.0201. The lowest BCUT2D eigenvalue weighted by atomic mass is 9.90. The SMILES string of the molecule is CCc1c(C2CCN(C(=O)[C@H]3COc4ccccc4O3)CC2)noc1N. The van der Waals surface area contributed by atoms with Gasteiger partial charge < -0.3 is 24.6 Å². The average molecular weight is 357 g/mol. The second-order valence-corrected chi connectivity index (χ2v) is 6.73. The highest BCUT2D eigenvalue weighted by Crippen LogP contribution is 2.34. The molecule has 1 saturated heterocycles. The molecule has 3 heterocycles. The molecule has 0 unspecified atom stereocenters. The zero-order chi connectivity index (χ0) is 18.1. The van der Waals surface area contributed by atoms with Gasteiger partial charge in [0.1, 0.15) is 6.61 Å². The first-order valence-corrected chi connectivity index (χ1v) is 9.08. The molecule has 2 aliphatic heterocycles. The summed E-state index contributed by atoms with van der Waals surface area (Å²) in [5.41, 5.74) is 7.79. The summed E-state index contributed by atoms with van der Waals surface area (Å²) in [4.78, 5) is 14.7. The third-order valence-electron chi connectivity index (χ3n) is 5.18. The van der Waals surface area contributed by atoms with Gasteiger partial charge in [0.25, 0.3) is 5.91 Å². The zero-order valence-corrected chi connectivity index (χ0v) is 14.8. The second kappa shape index (κ2) is 6.90. The number of nitrogens with two attached hydrogens (primary N) is 1. The van der Waals surface area contributed by atoms with Gasteiger partial charge in [-0.1, -0.05) is 24.2 Å². The maximum absolute atomic E-state index is 12.8. The minimum Gasteiger partial charge on any atom is -0.485 e. The highest BCUT2D eigenvalue weighted by molar-refractivity contribution is 5.82. The number of carbonyl (C=O) groups excluding carboxylic acids is 1. The summed E-state index contributed by atoms with van der Waals surface area (Å²) in [5.74, 6) is 1.98. The predicted molar refractivity (Wildman–Crippen MR) is 95.2 cm³/mol. The first-order valence-electron chi connectivity index (χ1n) is 9.08. The summed E-state index contributed by atoms with van der Waals surface area (Å²) in [5, 5.41) is 4.15. The number of anilines is 1. The normalized spacial score (nSPS) is 20.2. The first kappa shape index (κ1) is 16.8. The third kappa shape index (κ3) is 2.98. The van der Waals surface area contributed by atoms with Crippen LogP contribution >= 0.6 is 0 Å². The summed E-state index contributed by atoms with van der Waals surface area (Å²) >= 11 is 0. The molecule has 2 aliphatic rings. The molecule has 0 radical (unpaired) electrons. The molecule has 1 atom stereocenters. The molecule has 0 bridgehead atoms. The number of ether oxygens (including phenoxy) is 2. The number of fused-ring (bicyclic) bond motifs is 1. The van der Waals surface area contributed by atoms with Crippen molar-refractivity contribution < 1.29 is 18.8 Å². The van der Waals surface area contributed by atoms with Crippen molar-refractivity contribution in [2.24, 2.45) is 0 Å². The molecule has 26 heavy (non-hydrogen) atoms. The molecule has 7 heteroatoms. The largest absolute Gasteiger partial charge is 0.485 e. The number of nitrogens with zero attached hydrogens (tertiary/aromatic N) is 2. The number of aromatic nitrogens is 1. The lowest BCUT2D eigenvalue weighted by Crippen LogP contribution is -2.48. The van der Waals surface area contributed by atoms with E-state index in [-0.39, 0.29) is 18.4 Å². The molecule has 0 saturated carbocycles. The van der Waals surface area contributed by atoms with Crippen LogP contribution in [-0.4, -0.2) is 41.8 Å². The first-order chi connectivity index (χ1) is 12.7. The minimum atomic E-state index is -0.588. The van der Waals surface area contributed by atoms with Gasteiger partial charge in [-0.3, -0.25) is 4.79 Å². The Bertz CT molecular complexity index is 796. The molecule has 1 fully saturated rings. The van der Waals surface area contributed by atoms with Gasteiger partial charge in [-0.25, -0.2) is 0 Å². The van der Waals surface area contributed by atoms with Crippen molar-refractivity contribution in [1.82, 2.24) is 10.1 Å². The van der Waals surface area contributed by atoms with Crippen LogP contribution in [0.25, 0.3) is 0 Å². The average Bonchev–Trinajstić information content (AvgIpc) is 3.07. The maximum atomic E-state index is 12.8. The van der Waals surface area contributed by atoms with Crippen molar-refractivity contribution in [3.63, 3.8) is 0 Å². The third-order valence-corrected chi connectivity index (χ3v) is 5.18. The Morgan fingerprint density at radius 3 is 2.73 bits per heavy atom. The van der Waals surface area contributed by atoms with Crippen LogP contribution in [0.15, 0.2) is 28.8 Å². The van der Waals surface area contributed by atoms with Crippen molar-refractivity contribution >= 4 is 11.8 Å². The fourth-order valence-corrected chi connectivity index (χ4v) is 3.73. The zero-order valence-electron chi connectivity index (χ0n) is 14.8. The van der Waals surface area contributed by atoms with Gasteiger partial charge in [0.05, 0.1) is 5.69 Å². The number of para-hydroxylation sites is 2. The Morgan fingerprint density at radius 1 is 1.27 bits per heavy atom. The quantitative estimate of drug-likeness (QED) is 0.907. The molecular weight excluding hydrogens is 334 g/mol. The summed E-state index contributed by atoms with van der Waals surface area (Å²) < 4.78 is 16.7. The Hall–Kier alpha value is -2.70. The lowest BCUT2D eigenvalue weighted by Gasteiger charge is -2.35. The molecular formula is C19H23N3O4. The van der Waals surface area contributed by atoms with Crippen LogP contribution in [0.2, 0.25) is 0 Å². The number of likely N-dealkylation sites (tertiary alicyclic amines) is 1. The van der Waals surface area contributed by atoms with E-state index in [1.165, 1.54) is 0 Å². The Morgan fingerprint density at radius 2 is 2.00 bits per heavy atom. The number of benzene rings is 1. The Balaban J connectivity index is 1.38. The fraction of sp³-hybridized carbons (Fsp3) is 0.474. The number of nitrogen functional groups attached to an aromatic ring is 1. The molecule has 1 aromatic heterocycles. The molecule has 1 aromatic carbocycles. The molecule has 0 aliphatic carbocycles. The molecule has 4 rings (SSSR count). The van der Waals surface area contributed by atoms with E-state index in [2.05, 4.69) is 5.16 Å². The van der Waals surface area contributed by atoms with E-state index in [0.717, 1.165) is 30.5 Å². The number of hydrogen-bond acceptors (Lipinski definition) is 6. The van der Waals surface area contributed by atoms with Crippen molar-refractivity contribution in [2.45, 2.75) is 38.2 Å². The van der Waals surface area contributed by atoms with E-state index in [9.17, 15) is 4.79 Å². The highest BCUT2D eigenvalue weighted by atomic mass is 16.6. The van der Waals surface area contributed by atoms with Crippen molar-refractivity contribution in [3.8, 4) is 11.5 Å². The van der Waals surface area contributed by atoms with Gasteiger partial charge in [0.15, 0.2) is 11.5 Å². The van der Waals surface area contributed by atoms with E-state index in [1.807, 2.05) is 36.1 Å². The van der Waals surface area contributed by atoms with Crippen molar-refractivity contribution in [3.05, 3.63) is 35.5 Å². The monoisotopic (exact) mass is 357 g/mol. The van der Waals surface area contributed by atoms with Gasteiger partial charge in [0, 0.05) is 24.6 Å². The highest BCUT2D eigenvalue weighted by Gasteiger charge is 2.34. The number of hydrogen-bond donors (Lipinski definition) is 1. The van der Waals surface area contributed by atoms with E-state index in [0.29, 0.717) is 30.5 Å². The van der Waals surface area contributed by atoms with Crippen LogP contribution in [0.4, 0.5) is 5.88 Å². The standard InChI is InChI=1S/C19H23N3O4/c1-2-13-17(21-26-18(13)20)12-7-9-22(10-8-12)19(23)16-11-24-14-5-3-4-6-15(14)25-16/h3-6,12,16H,2,7-11,20H2,1H3/t16-/m1/s1. The van der Waals surface area contributed by atoms with E-state index >= 15 is 0 Å². The maximum Gasteiger partial charge on any atom is 0.267 e. The fourth-order valence-electron chi connectivity index (χ4n) is 3.73. The number of carbonyl (C=O) groups is 1. The summed E-state index contributed by atoms with van der Waals surface area (Å²) in [7, 11) is 0. The summed E-state index contributed by atoms with van der Waals surface area (Å²) in [6.07, 6.45) is 1.90. The predicted octanol–water partition coefficient (Wildman–Crippen LogP) is 2.37. The van der Waals surface area contributed by atoms with Crippen LogP contribution in [0.3, 0.4) is 0 Å². The second-order valence-electron chi connectivity index (χ2n) is 6.73. The van der Waals surface area contributed by atoms with Crippen molar-refractivity contribution in [1.29, 1.82) is 0 Å². The van der Waals surface area contributed by atoms with Crippen LogP contribution in [0.5, 0.6) is 11.5 Å². The Labute approximate surface area is 152 Å². The lowest BCUT2D eigenvalue weighted by molar-refractivity contribution is -0.142. The molecule has 1 amide bonds. The molecule has 2 aromatic rings. The molecule has 138 valence electrons. The van der Waals surface area contributed by atoms with Crippen molar-refractivity contribution in [2.75, 3.05) is 25.4 Å². The van der Waals surface area contributed by atoms with Gasteiger partial charge in [0.2, 0.25) is 12.0 Å². The molecule has 2 N–H and O–H groups in total. The Kier molecular flexibility index (Phi) is 4.44. The van der Waals surface area contributed by atoms with E-state index in [1.54, 1.807) is 0 Å². The topological polar surface area (TPSA) is 90.8 Å². The van der Waals surface area contributed by atoms with Gasteiger partial charge in [-0.15, -0.1) is 0 Å². The molecule has 7 nitrogen and oxygen atoms in total. The number of rotatable bonds is 3. The van der Waals surface area contributed by atoms with E-state index in [4.69, 9.17) is 19.7 Å². The number of piperidine rings is 1. The van der Waals surface area contributed by atoms with Gasteiger partial charge in [-0.2, -0.15) is 0 Å². The van der Waals surface area contributed by atoms with Gasteiger partial charge in [-0.05, 0) is 31.4 Å². The smallest absolute Gasteiger partial charge is 0.267 e. The van der Waals surface area contributed by atoms with Crippen LogP contribution in [0, 0.1) is 0 Å². The van der Waals surface area contributed by atoms with Crippen LogP contribution in [0.1, 0.15) is 36.9 Å².